The number of aliphatic hydroxyl groups excluding tert-OH is 1. The number of nitrogens with zero attached hydrogens (tertiary/aromatic N) is 2. The molecule has 2 heterocycles. The molecule has 0 spiro atoms. The van der Waals surface area contributed by atoms with Crippen LogP contribution in [0.5, 0.6) is 0 Å². The highest BCUT2D eigenvalue weighted by Gasteiger charge is 2.21. The number of aryl methyl sites for hydroxylation is 1. The summed E-state index contributed by atoms with van der Waals surface area (Å²) in [7, 11) is 2.96. The summed E-state index contributed by atoms with van der Waals surface area (Å²) in [5.74, 6) is 0.00136. The third kappa shape index (κ3) is 5.56. The van der Waals surface area contributed by atoms with Crippen molar-refractivity contribution < 1.29 is 19.4 Å². The van der Waals surface area contributed by atoms with Gasteiger partial charge in [0.05, 0.1) is 25.1 Å². The lowest BCUT2D eigenvalue weighted by Crippen LogP contribution is -2.31. The van der Waals surface area contributed by atoms with Crippen molar-refractivity contribution in [3.8, 4) is 0 Å². The lowest BCUT2D eigenvalue weighted by Gasteiger charge is -2.24. The summed E-state index contributed by atoms with van der Waals surface area (Å²) < 4.78 is 9.96. The van der Waals surface area contributed by atoms with Crippen LogP contribution in [0.15, 0.2) is 35.1 Å². The van der Waals surface area contributed by atoms with Crippen molar-refractivity contribution in [2.75, 3.05) is 33.9 Å². The average Bonchev–Trinajstić information content (AvgIpc) is 3.10. The van der Waals surface area contributed by atoms with Crippen LogP contribution in [-0.4, -0.2) is 59.9 Å². The molecule has 0 saturated carbocycles. The SMILES string of the molecule is COCCCN(Cc1nc2sc(C(=O)OC)c(C)c2c(=O)[nH]1)CC(O)c1ccccc1. The van der Waals surface area contributed by atoms with Gasteiger partial charge in [0, 0.05) is 26.8 Å². The maximum Gasteiger partial charge on any atom is 0.348 e. The number of aromatic nitrogens is 2. The Morgan fingerprint density at radius 3 is 2.71 bits per heavy atom. The molecule has 3 rings (SSSR count). The fourth-order valence-corrected chi connectivity index (χ4v) is 4.57. The maximum atomic E-state index is 12.7. The van der Waals surface area contributed by atoms with Crippen LogP contribution < -0.4 is 5.56 Å². The molecule has 0 amide bonds. The van der Waals surface area contributed by atoms with Crippen molar-refractivity contribution in [3.05, 3.63) is 62.5 Å². The van der Waals surface area contributed by atoms with Crippen LogP contribution in [0.4, 0.5) is 0 Å². The first-order chi connectivity index (χ1) is 14.9. The van der Waals surface area contributed by atoms with Gasteiger partial charge >= 0.3 is 5.97 Å². The maximum absolute atomic E-state index is 12.7. The number of fused-ring (bicyclic) bond motifs is 1. The van der Waals surface area contributed by atoms with E-state index in [-0.39, 0.29) is 5.56 Å². The summed E-state index contributed by atoms with van der Waals surface area (Å²) in [5.41, 5.74) is 1.11. The van der Waals surface area contributed by atoms with Crippen LogP contribution in [0.3, 0.4) is 0 Å². The zero-order valence-corrected chi connectivity index (χ0v) is 18.7. The van der Waals surface area contributed by atoms with E-state index in [9.17, 15) is 14.7 Å². The van der Waals surface area contributed by atoms with Crippen LogP contribution in [0.2, 0.25) is 0 Å². The molecule has 31 heavy (non-hydrogen) atoms. The number of aliphatic hydroxyl groups is 1. The van der Waals surface area contributed by atoms with Gasteiger partial charge in [-0.2, -0.15) is 0 Å². The predicted octanol–water partition coefficient (Wildman–Crippen LogP) is 2.65. The normalized spacial score (nSPS) is 12.4. The molecule has 0 radical (unpaired) electrons. The molecule has 3 aromatic rings. The molecule has 0 fully saturated rings. The number of rotatable bonds is 10. The van der Waals surface area contributed by atoms with Crippen molar-refractivity contribution in [1.29, 1.82) is 0 Å². The third-order valence-electron chi connectivity index (χ3n) is 5.03. The molecule has 2 N–H and O–H groups in total. The fraction of sp³-hybridized carbons (Fsp3) is 0.409. The van der Waals surface area contributed by atoms with Gasteiger partial charge in [0.2, 0.25) is 0 Å². The van der Waals surface area contributed by atoms with Crippen molar-refractivity contribution >= 4 is 27.5 Å². The predicted molar refractivity (Wildman–Crippen MR) is 119 cm³/mol. The minimum atomic E-state index is -0.672. The third-order valence-corrected chi connectivity index (χ3v) is 6.20. The van der Waals surface area contributed by atoms with Gasteiger partial charge in [-0.3, -0.25) is 9.69 Å². The van der Waals surface area contributed by atoms with E-state index < -0.39 is 12.1 Å². The number of aromatic amines is 1. The second-order valence-corrected chi connectivity index (χ2v) is 8.25. The summed E-state index contributed by atoms with van der Waals surface area (Å²) in [6, 6.07) is 9.44. The molecule has 8 nitrogen and oxygen atoms in total. The first kappa shape index (κ1) is 23.1. The van der Waals surface area contributed by atoms with Crippen molar-refractivity contribution in [3.63, 3.8) is 0 Å². The lowest BCUT2D eigenvalue weighted by atomic mass is 10.1. The number of benzene rings is 1. The van der Waals surface area contributed by atoms with Crippen LogP contribution in [0.25, 0.3) is 10.2 Å². The Kier molecular flexibility index (Phi) is 7.91. The molecule has 2 aromatic heterocycles. The molecule has 0 bridgehead atoms. The van der Waals surface area contributed by atoms with Crippen molar-refractivity contribution in [2.45, 2.75) is 26.0 Å². The quantitative estimate of drug-likeness (QED) is 0.365. The summed E-state index contributed by atoms with van der Waals surface area (Å²) in [4.78, 5) is 35.0. The van der Waals surface area contributed by atoms with Gasteiger partial charge in [0.15, 0.2) is 0 Å². The van der Waals surface area contributed by atoms with Gasteiger partial charge < -0.3 is 19.6 Å². The zero-order chi connectivity index (χ0) is 22.4. The van der Waals surface area contributed by atoms with Gasteiger partial charge in [-0.1, -0.05) is 30.3 Å². The fourth-order valence-electron chi connectivity index (χ4n) is 3.46. The number of carbonyl (C=O) groups excluding carboxylic acids is 1. The molecule has 0 saturated heterocycles. The molecule has 0 aliphatic carbocycles. The number of carbonyl (C=O) groups is 1. The van der Waals surface area contributed by atoms with E-state index in [4.69, 9.17) is 9.47 Å². The van der Waals surface area contributed by atoms with Crippen LogP contribution in [0.1, 0.15) is 39.1 Å². The minimum Gasteiger partial charge on any atom is -0.465 e. The number of thiophene rings is 1. The second kappa shape index (κ2) is 10.6. The Hall–Kier alpha value is -2.59. The molecule has 0 aliphatic rings. The van der Waals surface area contributed by atoms with Crippen molar-refractivity contribution in [1.82, 2.24) is 14.9 Å². The van der Waals surface area contributed by atoms with Gasteiger partial charge in [0.25, 0.3) is 5.56 Å². The first-order valence-electron chi connectivity index (χ1n) is 9.99. The number of methoxy groups -OCH3 is 2. The molecule has 166 valence electrons. The molecular weight excluding hydrogens is 418 g/mol. The van der Waals surface area contributed by atoms with E-state index in [2.05, 4.69) is 9.97 Å². The summed E-state index contributed by atoms with van der Waals surface area (Å²) in [6.45, 7) is 3.70. The van der Waals surface area contributed by atoms with E-state index in [0.717, 1.165) is 23.3 Å². The number of hydrogen-bond donors (Lipinski definition) is 2. The summed E-state index contributed by atoms with van der Waals surface area (Å²) in [6.07, 6.45) is 0.101. The minimum absolute atomic E-state index is 0.288. The number of nitrogens with one attached hydrogen (secondary N) is 1. The van der Waals surface area contributed by atoms with E-state index in [1.54, 1.807) is 14.0 Å². The highest BCUT2D eigenvalue weighted by molar-refractivity contribution is 7.20. The molecule has 1 atom stereocenters. The van der Waals surface area contributed by atoms with E-state index in [1.165, 1.54) is 7.11 Å². The molecule has 9 heteroatoms. The first-order valence-corrected chi connectivity index (χ1v) is 10.8. The van der Waals surface area contributed by atoms with E-state index in [1.807, 2.05) is 35.2 Å². The smallest absolute Gasteiger partial charge is 0.348 e. The number of hydrogen-bond acceptors (Lipinski definition) is 8. The standard InChI is InChI=1S/C22H27N3O5S/c1-14-18-20(27)23-17(24-21(18)31-19(14)22(28)30-3)13-25(10-7-11-29-2)12-16(26)15-8-5-4-6-9-15/h4-6,8-9,16,26H,7,10-13H2,1-3H3,(H,23,24,27). The van der Waals surface area contributed by atoms with Crippen LogP contribution in [0, 0.1) is 6.92 Å². The van der Waals surface area contributed by atoms with Crippen LogP contribution >= 0.6 is 11.3 Å². The average molecular weight is 446 g/mol. The van der Waals surface area contributed by atoms with Gasteiger partial charge in [-0.05, 0) is 24.5 Å². The second-order valence-electron chi connectivity index (χ2n) is 7.25. The Morgan fingerprint density at radius 2 is 2.03 bits per heavy atom. The van der Waals surface area contributed by atoms with Crippen molar-refractivity contribution in [2.24, 2.45) is 0 Å². The molecule has 0 aliphatic heterocycles. The Balaban J connectivity index is 1.85. The Bertz CT molecular complexity index is 1080. The Labute approximate surface area is 184 Å². The molecule has 1 unspecified atom stereocenters. The largest absolute Gasteiger partial charge is 0.465 e. The van der Waals surface area contributed by atoms with Crippen LogP contribution in [-0.2, 0) is 16.0 Å². The number of ether oxygens (including phenoxy) is 2. The lowest BCUT2D eigenvalue weighted by molar-refractivity contribution is 0.0605. The van der Waals surface area contributed by atoms with Gasteiger partial charge in [-0.15, -0.1) is 11.3 Å². The topological polar surface area (TPSA) is 105 Å². The summed E-state index contributed by atoms with van der Waals surface area (Å²) >= 11 is 1.15. The van der Waals surface area contributed by atoms with E-state index >= 15 is 0 Å². The monoisotopic (exact) mass is 445 g/mol. The van der Waals surface area contributed by atoms with E-state index in [0.29, 0.717) is 52.7 Å². The van der Waals surface area contributed by atoms with Gasteiger partial charge in [-0.25, -0.2) is 9.78 Å². The highest BCUT2D eigenvalue weighted by atomic mass is 32.1. The van der Waals surface area contributed by atoms with Gasteiger partial charge in [0.1, 0.15) is 15.5 Å². The summed E-state index contributed by atoms with van der Waals surface area (Å²) in [5, 5.41) is 11.1. The number of H-pyrrole nitrogens is 1. The Morgan fingerprint density at radius 1 is 1.29 bits per heavy atom. The highest BCUT2D eigenvalue weighted by Crippen LogP contribution is 2.27. The molecule has 1 aromatic carbocycles. The number of esters is 1. The molecular formula is C22H27N3O5S. The zero-order valence-electron chi connectivity index (χ0n) is 17.9.